The Bertz CT molecular complexity index is 798. The molecule has 0 bridgehead atoms. The van der Waals surface area contributed by atoms with Crippen LogP contribution < -0.4 is 4.72 Å². The van der Waals surface area contributed by atoms with Gasteiger partial charge in [-0.15, -0.1) is 0 Å². The summed E-state index contributed by atoms with van der Waals surface area (Å²) in [6, 6.07) is 2.97. The number of nitrogens with one attached hydrogen (secondary N) is 1. The van der Waals surface area contributed by atoms with Crippen molar-refractivity contribution in [2.75, 3.05) is 6.54 Å². The second kappa shape index (κ2) is 6.32. The normalized spacial score (nSPS) is 12.6. The van der Waals surface area contributed by atoms with E-state index in [1.54, 1.807) is 24.1 Å². The molecular weight excluding hydrogens is 331 g/mol. The minimum atomic E-state index is -4.59. The molecule has 1 aromatic heterocycles. The van der Waals surface area contributed by atoms with Gasteiger partial charge in [-0.05, 0) is 36.6 Å². The molecule has 0 spiro atoms. The van der Waals surface area contributed by atoms with Crippen molar-refractivity contribution in [1.82, 2.24) is 14.5 Å². The fourth-order valence-corrected chi connectivity index (χ4v) is 3.15. The molecule has 1 heterocycles. The molecule has 0 aliphatic rings. The molecule has 0 saturated carbocycles. The largest absolute Gasteiger partial charge is 0.416 e. The van der Waals surface area contributed by atoms with Gasteiger partial charge in [0.05, 0.1) is 16.7 Å². The third-order valence-electron chi connectivity index (χ3n) is 3.29. The van der Waals surface area contributed by atoms with Gasteiger partial charge in [-0.25, -0.2) is 13.1 Å². The SMILES string of the molecule is Cc1ccc(S(=O)(=O)NCCc2cnn(C)c2)cc1C(F)(F)F. The van der Waals surface area contributed by atoms with E-state index in [-0.39, 0.29) is 12.1 Å². The fraction of sp³-hybridized carbons (Fsp3) is 0.357. The molecule has 1 aromatic carbocycles. The van der Waals surface area contributed by atoms with Gasteiger partial charge < -0.3 is 0 Å². The number of aromatic nitrogens is 2. The second-order valence-corrected chi connectivity index (χ2v) is 6.91. The van der Waals surface area contributed by atoms with E-state index in [2.05, 4.69) is 9.82 Å². The zero-order valence-electron chi connectivity index (χ0n) is 12.6. The van der Waals surface area contributed by atoms with E-state index in [4.69, 9.17) is 0 Å². The highest BCUT2D eigenvalue weighted by Gasteiger charge is 2.33. The van der Waals surface area contributed by atoms with Gasteiger partial charge in [-0.3, -0.25) is 4.68 Å². The summed E-state index contributed by atoms with van der Waals surface area (Å²) >= 11 is 0. The number of nitrogens with zero attached hydrogens (tertiary/aromatic N) is 2. The molecule has 0 unspecified atom stereocenters. The van der Waals surface area contributed by atoms with Crippen molar-refractivity contribution in [3.63, 3.8) is 0 Å². The average Bonchev–Trinajstić information content (AvgIpc) is 2.83. The van der Waals surface area contributed by atoms with Crippen LogP contribution in [0.4, 0.5) is 13.2 Å². The standard InChI is InChI=1S/C14H16F3N3O2S/c1-10-3-4-12(7-13(10)14(15,16)17)23(21,22)19-6-5-11-8-18-20(2)9-11/h3-4,7-9,19H,5-6H2,1-2H3. The van der Waals surface area contributed by atoms with Crippen LogP contribution in [0.2, 0.25) is 0 Å². The summed E-state index contributed by atoms with van der Waals surface area (Å²) in [5.74, 6) is 0. The first-order valence-corrected chi connectivity index (χ1v) is 8.23. The minimum Gasteiger partial charge on any atom is -0.276 e. The molecule has 0 radical (unpaired) electrons. The Morgan fingerprint density at radius 3 is 2.57 bits per heavy atom. The molecule has 5 nitrogen and oxygen atoms in total. The molecule has 0 aliphatic heterocycles. The van der Waals surface area contributed by atoms with E-state index in [1.165, 1.54) is 6.92 Å². The average molecular weight is 347 g/mol. The highest BCUT2D eigenvalue weighted by atomic mass is 32.2. The van der Waals surface area contributed by atoms with Gasteiger partial charge in [-0.2, -0.15) is 18.3 Å². The van der Waals surface area contributed by atoms with E-state index < -0.39 is 26.7 Å². The zero-order chi connectivity index (χ0) is 17.3. The molecule has 0 fully saturated rings. The lowest BCUT2D eigenvalue weighted by Gasteiger charge is -2.12. The number of sulfonamides is 1. The lowest BCUT2D eigenvalue weighted by Crippen LogP contribution is -2.26. The first kappa shape index (κ1) is 17.5. The van der Waals surface area contributed by atoms with Crippen LogP contribution in [0, 0.1) is 6.92 Å². The van der Waals surface area contributed by atoms with Crippen LogP contribution in [-0.4, -0.2) is 24.7 Å². The second-order valence-electron chi connectivity index (χ2n) is 5.14. The Morgan fingerprint density at radius 2 is 2.00 bits per heavy atom. The van der Waals surface area contributed by atoms with Gasteiger partial charge in [0.1, 0.15) is 0 Å². The third-order valence-corrected chi connectivity index (χ3v) is 4.75. The number of benzene rings is 1. The molecule has 126 valence electrons. The number of halogens is 3. The summed E-state index contributed by atoms with van der Waals surface area (Å²) in [5.41, 5.74) is -0.144. The highest BCUT2D eigenvalue weighted by Crippen LogP contribution is 2.33. The van der Waals surface area contributed by atoms with E-state index in [9.17, 15) is 21.6 Å². The summed E-state index contributed by atoms with van der Waals surface area (Å²) in [4.78, 5) is -0.401. The van der Waals surface area contributed by atoms with Gasteiger partial charge in [0.15, 0.2) is 0 Å². The lowest BCUT2D eigenvalue weighted by atomic mass is 10.1. The number of alkyl halides is 3. The number of aryl methyl sites for hydroxylation is 2. The van der Waals surface area contributed by atoms with Crippen LogP contribution in [-0.2, 0) is 29.7 Å². The minimum absolute atomic E-state index is 0.0215. The van der Waals surface area contributed by atoms with Crippen LogP contribution in [0.3, 0.4) is 0 Å². The Morgan fingerprint density at radius 1 is 1.30 bits per heavy atom. The highest BCUT2D eigenvalue weighted by molar-refractivity contribution is 7.89. The van der Waals surface area contributed by atoms with Crippen LogP contribution in [0.5, 0.6) is 0 Å². The number of hydrogen-bond donors (Lipinski definition) is 1. The predicted molar refractivity (Wildman–Crippen MR) is 78.3 cm³/mol. The van der Waals surface area contributed by atoms with Crippen molar-refractivity contribution in [3.05, 3.63) is 47.3 Å². The van der Waals surface area contributed by atoms with Gasteiger partial charge >= 0.3 is 6.18 Å². The van der Waals surface area contributed by atoms with Crippen molar-refractivity contribution >= 4 is 10.0 Å². The molecule has 9 heteroatoms. The maximum atomic E-state index is 12.9. The summed E-state index contributed by atoms with van der Waals surface area (Å²) < 4.78 is 66.7. The van der Waals surface area contributed by atoms with Crippen LogP contribution in [0.1, 0.15) is 16.7 Å². The Hall–Kier alpha value is -1.87. The van der Waals surface area contributed by atoms with Crippen LogP contribution in [0.25, 0.3) is 0 Å². The molecular formula is C14H16F3N3O2S. The monoisotopic (exact) mass is 347 g/mol. The Kier molecular flexibility index (Phi) is 4.81. The van der Waals surface area contributed by atoms with Gasteiger partial charge in [0.2, 0.25) is 10.0 Å². The molecule has 0 atom stereocenters. The Balaban J connectivity index is 2.13. The van der Waals surface area contributed by atoms with E-state index in [1.807, 2.05) is 0 Å². The molecule has 0 amide bonds. The smallest absolute Gasteiger partial charge is 0.276 e. The first-order valence-electron chi connectivity index (χ1n) is 6.74. The molecule has 1 N–H and O–H groups in total. The quantitative estimate of drug-likeness (QED) is 0.902. The topological polar surface area (TPSA) is 64.0 Å². The maximum absolute atomic E-state index is 12.9. The van der Waals surface area contributed by atoms with Gasteiger partial charge in [0.25, 0.3) is 0 Å². The summed E-state index contributed by atoms with van der Waals surface area (Å²) in [6.45, 7) is 1.36. The van der Waals surface area contributed by atoms with Gasteiger partial charge in [-0.1, -0.05) is 6.07 Å². The van der Waals surface area contributed by atoms with Crippen molar-refractivity contribution in [2.45, 2.75) is 24.4 Å². The van der Waals surface area contributed by atoms with Crippen LogP contribution in [0.15, 0.2) is 35.5 Å². The number of rotatable bonds is 5. The molecule has 0 saturated heterocycles. The lowest BCUT2D eigenvalue weighted by molar-refractivity contribution is -0.138. The van der Waals surface area contributed by atoms with E-state index >= 15 is 0 Å². The Labute approximate surface area is 132 Å². The summed E-state index contributed by atoms with van der Waals surface area (Å²) in [6.07, 6.45) is -0.861. The van der Waals surface area contributed by atoms with Gasteiger partial charge in [0, 0.05) is 19.8 Å². The van der Waals surface area contributed by atoms with Crippen molar-refractivity contribution in [2.24, 2.45) is 7.05 Å². The van der Waals surface area contributed by atoms with Crippen molar-refractivity contribution in [1.29, 1.82) is 0 Å². The zero-order valence-corrected chi connectivity index (χ0v) is 13.4. The third kappa shape index (κ3) is 4.32. The first-order chi connectivity index (χ1) is 10.6. The predicted octanol–water partition coefficient (Wildman–Crippen LogP) is 2.27. The molecule has 0 aliphatic carbocycles. The van der Waals surface area contributed by atoms with E-state index in [0.29, 0.717) is 12.5 Å². The van der Waals surface area contributed by atoms with Crippen molar-refractivity contribution in [3.8, 4) is 0 Å². The molecule has 23 heavy (non-hydrogen) atoms. The van der Waals surface area contributed by atoms with Crippen molar-refractivity contribution < 1.29 is 21.6 Å². The van der Waals surface area contributed by atoms with E-state index in [0.717, 1.165) is 17.7 Å². The number of hydrogen-bond acceptors (Lipinski definition) is 3. The maximum Gasteiger partial charge on any atom is 0.416 e. The molecule has 2 aromatic rings. The molecule has 2 rings (SSSR count). The van der Waals surface area contributed by atoms with Crippen LogP contribution >= 0.6 is 0 Å². The summed E-state index contributed by atoms with van der Waals surface area (Å²) in [7, 11) is -2.27. The summed E-state index contributed by atoms with van der Waals surface area (Å²) in [5, 5.41) is 3.95. The fourth-order valence-electron chi connectivity index (χ4n) is 2.09.